The molecule has 0 aliphatic carbocycles. The molecule has 2 aliphatic rings. The highest BCUT2D eigenvalue weighted by atomic mass is 15.2. The van der Waals surface area contributed by atoms with Crippen LogP contribution >= 0.6 is 0 Å². The van der Waals surface area contributed by atoms with E-state index in [9.17, 15) is 0 Å². The Morgan fingerprint density at radius 3 is 2.24 bits per heavy atom. The summed E-state index contributed by atoms with van der Waals surface area (Å²) in [4.78, 5) is 5.16. The van der Waals surface area contributed by atoms with E-state index in [1.807, 2.05) is 0 Å². The monoisotopic (exact) mass is 294 g/mol. The van der Waals surface area contributed by atoms with Gasteiger partial charge in [-0.25, -0.2) is 0 Å². The Morgan fingerprint density at radius 1 is 1.05 bits per heavy atom. The maximum absolute atomic E-state index is 2.67. The van der Waals surface area contributed by atoms with Crippen LogP contribution < -0.4 is 0 Å². The van der Waals surface area contributed by atoms with E-state index in [1.165, 1.54) is 51.7 Å². The minimum Gasteiger partial charge on any atom is -0.306 e. The van der Waals surface area contributed by atoms with Crippen molar-refractivity contribution in [1.29, 1.82) is 0 Å². The Morgan fingerprint density at radius 2 is 1.67 bits per heavy atom. The van der Waals surface area contributed by atoms with Gasteiger partial charge in [0.2, 0.25) is 0 Å². The van der Waals surface area contributed by atoms with Crippen molar-refractivity contribution in [2.45, 2.75) is 65.8 Å². The summed E-state index contributed by atoms with van der Waals surface area (Å²) in [6.45, 7) is 13.7. The lowest BCUT2D eigenvalue weighted by molar-refractivity contribution is 0.0966. The number of likely N-dealkylation sites (tertiary alicyclic amines) is 2. The van der Waals surface area contributed by atoms with E-state index in [2.05, 4.69) is 51.6 Å². The van der Waals surface area contributed by atoms with Crippen LogP contribution in [0.1, 0.15) is 59.8 Å². The summed E-state index contributed by atoms with van der Waals surface area (Å²) in [5.74, 6) is 2.73. The van der Waals surface area contributed by atoms with Gasteiger partial charge in [0, 0.05) is 12.6 Å². The van der Waals surface area contributed by atoms with E-state index in [0.717, 1.165) is 23.8 Å². The van der Waals surface area contributed by atoms with Gasteiger partial charge in [-0.2, -0.15) is 0 Å². The summed E-state index contributed by atoms with van der Waals surface area (Å²) >= 11 is 0. The molecule has 2 heteroatoms. The molecule has 2 aliphatic heterocycles. The molecule has 0 saturated carbocycles. The van der Waals surface area contributed by atoms with E-state index in [-0.39, 0.29) is 0 Å². The van der Waals surface area contributed by atoms with Crippen LogP contribution in [0.4, 0.5) is 0 Å². The molecular formula is C19H38N2. The number of rotatable bonds is 5. The van der Waals surface area contributed by atoms with Crippen molar-refractivity contribution in [2.75, 3.05) is 33.7 Å². The Hall–Kier alpha value is -0.0800. The summed E-state index contributed by atoms with van der Waals surface area (Å²) in [5.41, 5.74) is 0.473. The lowest BCUT2D eigenvalue weighted by atomic mass is 9.72. The number of hydrogen-bond donors (Lipinski definition) is 0. The molecule has 0 spiro atoms. The molecule has 0 N–H and O–H groups in total. The highest BCUT2D eigenvalue weighted by Crippen LogP contribution is 2.42. The molecule has 21 heavy (non-hydrogen) atoms. The van der Waals surface area contributed by atoms with Crippen molar-refractivity contribution < 1.29 is 0 Å². The maximum Gasteiger partial charge on any atom is 0.0147 e. The predicted octanol–water partition coefficient (Wildman–Crippen LogP) is 4.11. The summed E-state index contributed by atoms with van der Waals surface area (Å²) in [6.07, 6.45) is 7.07. The first kappa shape index (κ1) is 17.3. The van der Waals surface area contributed by atoms with Crippen LogP contribution in [0.15, 0.2) is 0 Å². The lowest BCUT2D eigenvalue weighted by Gasteiger charge is -2.40. The minimum atomic E-state index is 0.473. The third kappa shape index (κ3) is 4.69. The molecule has 2 heterocycles. The molecule has 2 fully saturated rings. The second-order valence-electron chi connectivity index (χ2n) is 9.13. The van der Waals surface area contributed by atoms with Crippen LogP contribution in [-0.2, 0) is 0 Å². The Labute approximate surface area is 133 Å². The maximum atomic E-state index is 2.67. The van der Waals surface area contributed by atoms with Gasteiger partial charge in [0.25, 0.3) is 0 Å². The zero-order valence-electron chi connectivity index (χ0n) is 15.4. The van der Waals surface area contributed by atoms with E-state index in [1.54, 1.807) is 0 Å². The Bertz CT molecular complexity index is 316. The van der Waals surface area contributed by atoms with Crippen LogP contribution in [0.3, 0.4) is 0 Å². The summed E-state index contributed by atoms with van der Waals surface area (Å²) in [5, 5.41) is 0. The van der Waals surface area contributed by atoms with Gasteiger partial charge in [0.1, 0.15) is 0 Å². The van der Waals surface area contributed by atoms with Crippen LogP contribution in [0.25, 0.3) is 0 Å². The van der Waals surface area contributed by atoms with Gasteiger partial charge >= 0.3 is 0 Å². The second-order valence-corrected chi connectivity index (χ2v) is 9.13. The molecule has 124 valence electrons. The second kappa shape index (κ2) is 7.00. The fraction of sp³-hybridized carbons (Fsp3) is 1.00. The molecule has 0 aromatic rings. The van der Waals surface area contributed by atoms with Gasteiger partial charge in [0.15, 0.2) is 0 Å². The van der Waals surface area contributed by atoms with Crippen molar-refractivity contribution in [1.82, 2.24) is 9.80 Å². The number of hydrogen-bond acceptors (Lipinski definition) is 2. The quantitative estimate of drug-likeness (QED) is 0.753. The molecule has 0 bridgehead atoms. The average Bonchev–Trinajstić information content (AvgIpc) is 2.73. The van der Waals surface area contributed by atoms with Crippen molar-refractivity contribution >= 4 is 0 Å². The zero-order valence-corrected chi connectivity index (χ0v) is 15.4. The van der Waals surface area contributed by atoms with Crippen molar-refractivity contribution in [3.63, 3.8) is 0 Å². The van der Waals surface area contributed by atoms with Gasteiger partial charge in [-0.3, -0.25) is 0 Å². The lowest BCUT2D eigenvalue weighted by Crippen LogP contribution is -2.41. The molecule has 2 rings (SSSR count). The molecular weight excluding hydrogens is 256 g/mol. The third-order valence-corrected chi connectivity index (χ3v) is 5.99. The Kier molecular flexibility index (Phi) is 5.76. The molecule has 2 saturated heterocycles. The van der Waals surface area contributed by atoms with Gasteiger partial charge in [-0.1, -0.05) is 27.7 Å². The fourth-order valence-electron chi connectivity index (χ4n) is 5.00. The standard InChI is InChI=1S/C19H38N2/c1-15(2)11-17-12-18(21(6)14-17)19(3,4)13-16-7-9-20(5)10-8-16/h15-18H,7-14H2,1-6H3. The average molecular weight is 295 g/mol. The fourth-order valence-corrected chi connectivity index (χ4v) is 5.00. The third-order valence-electron chi connectivity index (χ3n) is 5.99. The van der Waals surface area contributed by atoms with E-state index < -0.39 is 0 Å². The summed E-state index contributed by atoms with van der Waals surface area (Å²) in [6, 6.07) is 0.793. The predicted molar refractivity (Wildman–Crippen MR) is 92.6 cm³/mol. The topological polar surface area (TPSA) is 6.48 Å². The first-order valence-electron chi connectivity index (χ1n) is 9.16. The van der Waals surface area contributed by atoms with Crippen molar-refractivity contribution in [3.8, 4) is 0 Å². The Balaban J connectivity index is 1.89. The van der Waals surface area contributed by atoms with Gasteiger partial charge in [0.05, 0.1) is 0 Å². The smallest absolute Gasteiger partial charge is 0.0147 e. The molecule has 0 amide bonds. The molecule has 2 atom stereocenters. The van der Waals surface area contributed by atoms with Crippen LogP contribution in [-0.4, -0.2) is 49.6 Å². The minimum absolute atomic E-state index is 0.473. The normalized spacial score (nSPS) is 30.4. The zero-order chi connectivity index (χ0) is 15.6. The highest BCUT2D eigenvalue weighted by molar-refractivity contribution is 4.94. The van der Waals surface area contributed by atoms with Gasteiger partial charge < -0.3 is 9.80 Å². The van der Waals surface area contributed by atoms with Crippen LogP contribution in [0.2, 0.25) is 0 Å². The largest absolute Gasteiger partial charge is 0.306 e. The SMILES string of the molecule is CC(C)CC1CC(C(C)(C)CC2CCN(C)CC2)N(C)C1. The molecule has 0 aromatic carbocycles. The van der Waals surface area contributed by atoms with Gasteiger partial charge in [-0.15, -0.1) is 0 Å². The van der Waals surface area contributed by atoms with Crippen LogP contribution in [0.5, 0.6) is 0 Å². The van der Waals surface area contributed by atoms with Gasteiger partial charge in [-0.05, 0) is 82.5 Å². The number of piperidine rings is 1. The van der Waals surface area contributed by atoms with E-state index in [0.29, 0.717) is 5.41 Å². The van der Waals surface area contributed by atoms with Crippen molar-refractivity contribution in [3.05, 3.63) is 0 Å². The highest BCUT2D eigenvalue weighted by Gasteiger charge is 2.40. The first-order valence-corrected chi connectivity index (χ1v) is 9.16. The first-order chi connectivity index (χ1) is 9.78. The van der Waals surface area contributed by atoms with Crippen LogP contribution in [0, 0.1) is 23.2 Å². The van der Waals surface area contributed by atoms with Crippen molar-refractivity contribution in [2.24, 2.45) is 23.2 Å². The number of nitrogens with zero attached hydrogens (tertiary/aromatic N) is 2. The summed E-state index contributed by atoms with van der Waals surface area (Å²) in [7, 11) is 4.63. The molecule has 2 unspecified atom stereocenters. The molecule has 0 radical (unpaired) electrons. The summed E-state index contributed by atoms with van der Waals surface area (Å²) < 4.78 is 0. The van der Waals surface area contributed by atoms with E-state index >= 15 is 0 Å². The molecule has 0 aromatic heterocycles. The van der Waals surface area contributed by atoms with E-state index in [4.69, 9.17) is 0 Å². The molecule has 2 nitrogen and oxygen atoms in total.